The molecule has 6 heteroatoms. The van der Waals surface area contributed by atoms with Crippen LogP contribution < -0.4 is 0 Å². The van der Waals surface area contributed by atoms with E-state index in [0.717, 1.165) is 15.8 Å². The first-order valence-electron chi connectivity index (χ1n) is 5.62. The van der Waals surface area contributed by atoms with Crippen LogP contribution in [0.5, 0.6) is 0 Å². The molecule has 0 saturated heterocycles. The van der Waals surface area contributed by atoms with E-state index in [0.29, 0.717) is 11.4 Å². The summed E-state index contributed by atoms with van der Waals surface area (Å²) >= 11 is 7.83. The van der Waals surface area contributed by atoms with Crippen molar-refractivity contribution < 1.29 is 9.53 Å². The van der Waals surface area contributed by atoms with Crippen LogP contribution in [0.3, 0.4) is 0 Å². The van der Waals surface area contributed by atoms with Crippen molar-refractivity contribution in [2.75, 3.05) is 13.4 Å². The van der Waals surface area contributed by atoms with E-state index in [9.17, 15) is 4.79 Å². The zero-order chi connectivity index (χ0) is 13.7. The molecule has 0 radical (unpaired) electrons. The third-order valence-corrected chi connectivity index (χ3v) is 4.52. The van der Waals surface area contributed by atoms with Crippen LogP contribution >= 0.6 is 23.4 Å². The van der Waals surface area contributed by atoms with Crippen molar-refractivity contribution in [3.8, 4) is 0 Å². The van der Waals surface area contributed by atoms with Crippen LogP contribution in [-0.2, 0) is 11.8 Å². The van der Waals surface area contributed by atoms with Crippen LogP contribution in [0.4, 0.5) is 0 Å². The number of ketones is 1. The fraction of sp³-hybridized carbons (Fsp3) is 0.231. The minimum atomic E-state index is -0.194. The molecule has 2 aromatic rings. The van der Waals surface area contributed by atoms with Crippen LogP contribution in [0.15, 0.2) is 23.0 Å². The summed E-state index contributed by atoms with van der Waals surface area (Å²) in [5.41, 5.74) is 1.20. The molecule has 0 fully saturated rings. The number of Topliss-reactive ketones (excluding diaryl/α,β-unsaturated/α-hetero) is 1. The van der Waals surface area contributed by atoms with Crippen molar-refractivity contribution >= 4 is 45.0 Å². The number of rotatable bonds is 2. The minimum absolute atomic E-state index is 0.156. The lowest BCUT2D eigenvalue weighted by molar-refractivity contribution is 0.0948. The summed E-state index contributed by atoms with van der Waals surface area (Å²) in [4.78, 5) is 16.8. The number of methoxy groups -OCH3 is 1. The van der Waals surface area contributed by atoms with Gasteiger partial charge in [-0.2, -0.15) is 0 Å². The van der Waals surface area contributed by atoms with E-state index < -0.39 is 0 Å². The van der Waals surface area contributed by atoms with Crippen LogP contribution in [0.2, 0.25) is 0 Å². The molecule has 0 atom stereocenters. The normalized spacial score (nSPS) is 14.4. The molecule has 19 heavy (non-hydrogen) atoms. The number of allylic oxidation sites excluding steroid dienone is 1. The van der Waals surface area contributed by atoms with Crippen molar-refractivity contribution in [3.05, 3.63) is 29.4 Å². The highest BCUT2D eigenvalue weighted by atomic mass is 35.5. The maximum Gasteiger partial charge on any atom is 0.246 e. The van der Waals surface area contributed by atoms with Crippen molar-refractivity contribution in [1.82, 2.24) is 9.55 Å². The van der Waals surface area contributed by atoms with E-state index in [1.807, 2.05) is 23.9 Å². The minimum Gasteiger partial charge on any atom is -0.491 e. The van der Waals surface area contributed by atoms with Crippen LogP contribution in [0.1, 0.15) is 16.2 Å². The number of thioether (sulfide) groups is 1. The Morgan fingerprint density at radius 1 is 1.47 bits per heavy atom. The van der Waals surface area contributed by atoms with Gasteiger partial charge in [-0.3, -0.25) is 9.78 Å². The Morgan fingerprint density at radius 3 is 2.84 bits per heavy atom. The van der Waals surface area contributed by atoms with Gasteiger partial charge in [0.1, 0.15) is 10.7 Å². The Hall–Kier alpha value is -1.46. The van der Waals surface area contributed by atoms with E-state index >= 15 is 0 Å². The number of halogens is 1. The number of ether oxygens (including phenoxy) is 1. The summed E-state index contributed by atoms with van der Waals surface area (Å²) in [6.07, 6.45) is 3.68. The molecule has 0 unspecified atom stereocenters. The highest BCUT2D eigenvalue weighted by molar-refractivity contribution is 7.98. The molecule has 0 amide bonds. The second kappa shape index (κ2) is 4.28. The Labute approximate surface area is 119 Å². The zero-order valence-corrected chi connectivity index (χ0v) is 12.2. The molecule has 0 saturated carbocycles. The number of aromatic nitrogens is 2. The maximum atomic E-state index is 12.5. The van der Waals surface area contributed by atoms with Gasteiger partial charge in [-0.1, -0.05) is 11.6 Å². The highest BCUT2D eigenvalue weighted by Crippen LogP contribution is 2.41. The molecule has 4 nitrogen and oxygen atoms in total. The van der Waals surface area contributed by atoms with Gasteiger partial charge in [0.25, 0.3) is 0 Å². The number of hydrogen-bond donors (Lipinski definition) is 0. The van der Waals surface area contributed by atoms with E-state index in [2.05, 4.69) is 4.98 Å². The fourth-order valence-electron chi connectivity index (χ4n) is 2.51. The summed E-state index contributed by atoms with van der Waals surface area (Å²) in [6.45, 7) is 0. The van der Waals surface area contributed by atoms with Crippen molar-refractivity contribution in [2.45, 2.75) is 5.03 Å². The number of pyridine rings is 1. The SMILES string of the molecule is COC1=C(Cl)c2nccc3c(SC)n(C)c(c23)C1=O. The molecular weight excluding hydrogens is 284 g/mol. The molecule has 2 aromatic heterocycles. The topological polar surface area (TPSA) is 44.1 Å². The van der Waals surface area contributed by atoms with Crippen LogP contribution in [-0.4, -0.2) is 28.7 Å². The second-order valence-electron chi connectivity index (χ2n) is 4.18. The predicted octanol–water partition coefficient (Wildman–Crippen LogP) is 3.05. The summed E-state index contributed by atoms with van der Waals surface area (Å²) in [5.74, 6) is -0.0381. The van der Waals surface area contributed by atoms with Gasteiger partial charge >= 0.3 is 0 Å². The molecular formula is C13H11ClN2O2S. The van der Waals surface area contributed by atoms with Gasteiger partial charge in [-0.15, -0.1) is 11.8 Å². The monoisotopic (exact) mass is 294 g/mol. The number of nitrogens with zero attached hydrogens (tertiary/aromatic N) is 2. The molecule has 0 spiro atoms. The Kier molecular flexibility index (Phi) is 2.83. The number of carbonyl (C=O) groups is 1. The van der Waals surface area contributed by atoms with Gasteiger partial charge in [-0.05, 0) is 12.3 Å². The first-order chi connectivity index (χ1) is 9.11. The molecule has 1 aliphatic rings. The predicted molar refractivity (Wildman–Crippen MR) is 76.6 cm³/mol. The summed E-state index contributed by atoms with van der Waals surface area (Å²) in [5, 5.41) is 3.11. The molecule has 98 valence electrons. The average molecular weight is 295 g/mol. The Balaban J connectivity index is 2.51. The van der Waals surface area contributed by atoms with E-state index in [1.165, 1.54) is 7.11 Å². The lowest BCUT2D eigenvalue weighted by atomic mass is 10.0. The van der Waals surface area contributed by atoms with Gasteiger partial charge in [0.05, 0.1) is 17.8 Å². The lowest BCUT2D eigenvalue weighted by Crippen LogP contribution is -2.16. The molecule has 2 heterocycles. The lowest BCUT2D eigenvalue weighted by Gasteiger charge is -2.15. The first kappa shape index (κ1) is 12.6. The van der Waals surface area contributed by atoms with E-state index in [4.69, 9.17) is 16.3 Å². The second-order valence-corrected chi connectivity index (χ2v) is 5.35. The van der Waals surface area contributed by atoms with Gasteiger partial charge in [0, 0.05) is 24.0 Å². The van der Waals surface area contributed by atoms with Gasteiger partial charge in [0.15, 0.2) is 5.76 Å². The van der Waals surface area contributed by atoms with Gasteiger partial charge in [0.2, 0.25) is 5.78 Å². The zero-order valence-electron chi connectivity index (χ0n) is 10.7. The maximum absolute atomic E-state index is 12.5. The largest absolute Gasteiger partial charge is 0.491 e. The smallest absolute Gasteiger partial charge is 0.246 e. The average Bonchev–Trinajstić information content (AvgIpc) is 2.69. The van der Waals surface area contributed by atoms with Crippen molar-refractivity contribution in [3.63, 3.8) is 0 Å². The summed E-state index contributed by atoms with van der Waals surface area (Å²) in [6, 6.07) is 1.91. The van der Waals surface area contributed by atoms with Crippen LogP contribution in [0.25, 0.3) is 15.8 Å². The standard InChI is InChI=1S/C13H11ClN2O2S/c1-16-10-7-6(13(16)19-3)4-5-15-9(7)8(14)12(18-2)11(10)17/h4-5H,1-3H3. The molecule has 1 aliphatic carbocycles. The molecule has 0 aromatic carbocycles. The molecule has 0 aliphatic heterocycles. The van der Waals surface area contributed by atoms with E-state index in [-0.39, 0.29) is 16.6 Å². The fourth-order valence-corrected chi connectivity index (χ4v) is 3.57. The third-order valence-electron chi connectivity index (χ3n) is 3.28. The van der Waals surface area contributed by atoms with E-state index in [1.54, 1.807) is 18.0 Å². The Morgan fingerprint density at radius 2 is 2.21 bits per heavy atom. The van der Waals surface area contributed by atoms with Crippen LogP contribution in [0, 0.1) is 0 Å². The van der Waals surface area contributed by atoms with Crippen molar-refractivity contribution in [2.24, 2.45) is 7.05 Å². The summed E-state index contributed by atoms with van der Waals surface area (Å²) < 4.78 is 7.02. The van der Waals surface area contributed by atoms with Crippen molar-refractivity contribution in [1.29, 1.82) is 0 Å². The van der Waals surface area contributed by atoms with Gasteiger partial charge in [-0.25, -0.2) is 0 Å². The third kappa shape index (κ3) is 1.48. The molecule has 0 bridgehead atoms. The molecule has 3 rings (SSSR count). The molecule has 0 N–H and O–H groups in total. The van der Waals surface area contributed by atoms with Gasteiger partial charge < -0.3 is 9.30 Å². The number of carbonyl (C=O) groups excluding carboxylic acids is 1. The highest BCUT2D eigenvalue weighted by Gasteiger charge is 2.33. The quantitative estimate of drug-likeness (QED) is 0.799. The Bertz CT molecular complexity index is 749. The summed E-state index contributed by atoms with van der Waals surface area (Å²) in [7, 11) is 3.31. The first-order valence-corrected chi connectivity index (χ1v) is 7.22. The number of hydrogen-bond acceptors (Lipinski definition) is 4.